The first-order valence-electron chi connectivity index (χ1n) is 8.24. The van der Waals surface area contributed by atoms with Crippen molar-refractivity contribution < 1.29 is 13.9 Å². The van der Waals surface area contributed by atoms with Gasteiger partial charge in [0.1, 0.15) is 11.4 Å². The predicted molar refractivity (Wildman–Crippen MR) is 96.4 cm³/mol. The molecule has 1 aliphatic heterocycles. The van der Waals surface area contributed by atoms with Gasteiger partial charge in [-0.2, -0.15) is 0 Å². The van der Waals surface area contributed by atoms with Crippen LogP contribution in [0.25, 0.3) is 0 Å². The number of rotatable bonds is 2. The van der Waals surface area contributed by atoms with Gasteiger partial charge in [0.25, 0.3) is 0 Å². The number of amides is 1. The molecule has 1 heterocycles. The molecule has 134 valence electrons. The summed E-state index contributed by atoms with van der Waals surface area (Å²) in [6, 6.07) is 5.37. The van der Waals surface area contributed by atoms with Crippen LogP contribution >= 0.6 is 15.9 Å². The summed E-state index contributed by atoms with van der Waals surface area (Å²) in [4.78, 5) is 16.5. The lowest BCUT2D eigenvalue weighted by atomic mass is 10.1. The standard InChI is InChI=1S/C18H26BrFN2O2/c1-12-10-22(17(23)24-18(3,4)5)13(2)9-21(12)11-14-6-7-16(20)15(19)8-14/h6-8,12-13H,9-11H2,1-5H3/t12-,13+/m0/s1. The van der Waals surface area contributed by atoms with E-state index in [4.69, 9.17) is 4.74 Å². The highest BCUT2D eigenvalue weighted by molar-refractivity contribution is 9.10. The molecule has 0 saturated carbocycles. The molecule has 24 heavy (non-hydrogen) atoms. The fraction of sp³-hybridized carbons (Fsp3) is 0.611. The topological polar surface area (TPSA) is 32.8 Å². The van der Waals surface area contributed by atoms with Crippen molar-refractivity contribution in [1.29, 1.82) is 0 Å². The molecule has 0 bridgehead atoms. The van der Waals surface area contributed by atoms with E-state index in [9.17, 15) is 9.18 Å². The molecule has 1 aromatic carbocycles. The van der Waals surface area contributed by atoms with Gasteiger partial charge in [-0.25, -0.2) is 9.18 Å². The van der Waals surface area contributed by atoms with E-state index in [1.807, 2.05) is 33.8 Å². The number of benzene rings is 1. The van der Waals surface area contributed by atoms with E-state index in [0.29, 0.717) is 11.0 Å². The van der Waals surface area contributed by atoms with Gasteiger partial charge in [-0.05, 0) is 68.2 Å². The summed E-state index contributed by atoms with van der Waals surface area (Å²) in [6.45, 7) is 11.9. The van der Waals surface area contributed by atoms with Crippen molar-refractivity contribution in [3.05, 3.63) is 34.1 Å². The second-order valence-corrected chi connectivity index (χ2v) is 8.36. The zero-order valence-corrected chi connectivity index (χ0v) is 16.6. The second-order valence-electron chi connectivity index (χ2n) is 7.51. The first-order valence-corrected chi connectivity index (χ1v) is 9.03. The van der Waals surface area contributed by atoms with E-state index < -0.39 is 5.60 Å². The molecule has 0 spiro atoms. The molecule has 0 unspecified atom stereocenters. The van der Waals surface area contributed by atoms with Gasteiger partial charge in [0.2, 0.25) is 0 Å². The molecule has 1 amide bonds. The highest BCUT2D eigenvalue weighted by atomic mass is 79.9. The van der Waals surface area contributed by atoms with Crippen LogP contribution in [0.5, 0.6) is 0 Å². The molecule has 6 heteroatoms. The first kappa shape index (κ1) is 19.2. The van der Waals surface area contributed by atoms with Gasteiger partial charge >= 0.3 is 6.09 Å². The number of halogens is 2. The van der Waals surface area contributed by atoms with Crippen LogP contribution in [0.15, 0.2) is 22.7 Å². The van der Waals surface area contributed by atoms with Gasteiger partial charge in [0.05, 0.1) is 4.47 Å². The lowest BCUT2D eigenvalue weighted by molar-refractivity contribution is -0.0117. The average molecular weight is 401 g/mol. The number of carbonyl (C=O) groups excluding carboxylic acids is 1. The van der Waals surface area contributed by atoms with Gasteiger partial charge in [0.15, 0.2) is 0 Å². The summed E-state index contributed by atoms with van der Waals surface area (Å²) in [5, 5.41) is 0. The zero-order chi connectivity index (χ0) is 18.1. The lowest BCUT2D eigenvalue weighted by Gasteiger charge is -2.44. The van der Waals surface area contributed by atoms with Crippen LogP contribution in [0.3, 0.4) is 0 Å². The van der Waals surface area contributed by atoms with Gasteiger partial charge in [-0.1, -0.05) is 6.07 Å². The molecule has 2 atom stereocenters. The minimum Gasteiger partial charge on any atom is -0.444 e. The minimum atomic E-state index is -0.489. The Bertz CT molecular complexity index is 603. The summed E-state index contributed by atoms with van der Waals surface area (Å²) in [5.41, 5.74) is 0.561. The van der Waals surface area contributed by atoms with E-state index in [1.54, 1.807) is 11.0 Å². The number of nitrogens with zero attached hydrogens (tertiary/aromatic N) is 2. The molecule has 1 aromatic rings. The minimum absolute atomic E-state index is 0.0694. The zero-order valence-electron chi connectivity index (χ0n) is 15.0. The third-order valence-electron chi connectivity index (χ3n) is 4.11. The molecule has 1 fully saturated rings. The SMILES string of the molecule is C[C@@H]1CN(Cc2ccc(F)c(Br)c2)[C@@H](C)CN1C(=O)OC(C)(C)C. The monoisotopic (exact) mass is 400 g/mol. The number of hydrogen-bond acceptors (Lipinski definition) is 3. The third kappa shape index (κ3) is 4.93. The first-order chi connectivity index (χ1) is 11.1. The van der Waals surface area contributed by atoms with Crippen LogP contribution in [-0.4, -0.2) is 46.7 Å². The third-order valence-corrected chi connectivity index (χ3v) is 4.72. The second kappa shape index (κ2) is 7.40. The van der Waals surface area contributed by atoms with Crippen LogP contribution in [0, 0.1) is 5.82 Å². The lowest BCUT2D eigenvalue weighted by Crippen LogP contribution is -2.58. The molecular formula is C18H26BrFN2O2. The molecule has 0 aliphatic carbocycles. The number of piperazine rings is 1. The van der Waals surface area contributed by atoms with Gasteiger partial charge in [0, 0.05) is 31.7 Å². The van der Waals surface area contributed by atoms with E-state index in [2.05, 4.69) is 27.8 Å². The molecular weight excluding hydrogens is 375 g/mol. The van der Waals surface area contributed by atoms with Gasteiger partial charge in [-0.3, -0.25) is 4.90 Å². The molecule has 1 aliphatic rings. The van der Waals surface area contributed by atoms with Crippen LogP contribution in [0.2, 0.25) is 0 Å². The fourth-order valence-electron chi connectivity index (χ4n) is 2.87. The van der Waals surface area contributed by atoms with Gasteiger partial charge in [-0.15, -0.1) is 0 Å². The molecule has 1 saturated heterocycles. The van der Waals surface area contributed by atoms with E-state index in [0.717, 1.165) is 18.7 Å². The number of carbonyl (C=O) groups is 1. The van der Waals surface area contributed by atoms with Crippen molar-refractivity contribution >= 4 is 22.0 Å². The van der Waals surface area contributed by atoms with E-state index >= 15 is 0 Å². The Morgan fingerprint density at radius 1 is 1.29 bits per heavy atom. The van der Waals surface area contributed by atoms with Crippen molar-refractivity contribution in [3.8, 4) is 0 Å². The van der Waals surface area contributed by atoms with E-state index in [1.165, 1.54) is 6.07 Å². The Morgan fingerprint density at radius 2 is 1.96 bits per heavy atom. The molecule has 0 aromatic heterocycles. The van der Waals surface area contributed by atoms with Crippen molar-refractivity contribution in [1.82, 2.24) is 9.80 Å². The maximum Gasteiger partial charge on any atom is 0.410 e. The average Bonchev–Trinajstić information content (AvgIpc) is 2.44. The maximum absolute atomic E-state index is 13.4. The normalized spacial score (nSPS) is 22.5. The Hall–Kier alpha value is -1.14. The predicted octanol–water partition coefficient (Wildman–Crippen LogP) is 4.42. The Balaban J connectivity index is 2.02. The van der Waals surface area contributed by atoms with Crippen molar-refractivity contribution in [3.63, 3.8) is 0 Å². The molecule has 4 nitrogen and oxygen atoms in total. The summed E-state index contributed by atoms with van der Waals surface area (Å²) in [5.74, 6) is -0.255. The number of hydrogen-bond donors (Lipinski definition) is 0. The molecule has 0 N–H and O–H groups in total. The van der Waals surface area contributed by atoms with Crippen molar-refractivity contribution in [2.45, 2.75) is 58.8 Å². The van der Waals surface area contributed by atoms with Crippen LogP contribution in [0.4, 0.5) is 9.18 Å². The number of ether oxygens (including phenoxy) is 1. The fourth-order valence-corrected chi connectivity index (χ4v) is 3.29. The van der Waals surface area contributed by atoms with Crippen molar-refractivity contribution in [2.24, 2.45) is 0 Å². The quantitative estimate of drug-likeness (QED) is 0.736. The molecule has 2 rings (SSSR count). The summed E-state index contributed by atoms with van der Waals surface area (Å²) in [7, 11) is 0. The highest BCUT2D eigenvalue weighted by Gasteiger charge is 2.34. The van der Waals surface area contributed by atoms with Crippen LogP contribution < -0.4 is 0 Å². The Morgan fingerprint density at radius 3 is 2.54 bits per heavy atom. The maximum atomic E-state index is 13.4. The van der Waals surface area contributed by atoms with Crippen LogP contribution in [0.1, 0.15) is 40.2 Å². The largest absolute Gasteiger partial charge is 0.444 e. The smallest absolute Gasteiger partial charge is 0.410 e. The Kier molecular flexibility index (Phi) is 5.91. The van der Waals surface area contributed by atoms with Crippen molar-refractivity contribution in [2.75, 3.05) is 13.1 Å². The summed E-state index contributed by atoms with van der Waals surface area (Å²) in [6.07, 6.45) is -0.258. The van der Waals surface area contributed by atoms with Gasteiger partial charge < -0.3 is 9.64 Å². The van der Waals surface area contributed by atoms with Crippen LogP contribution in [-0.2, 0) is 11.3 Å². The summed E-state index contributed by atoms with van der Waals surface area (Å²) < 4.78 is 19.4. The van der Waals surface area contributed by atoms with E-state index in [-0.39, 0.29) is 24.0 Å². The summed E-state index contributed by atoms with van der Waals surface area (Å²) >= 11 is 3.23. The Labute approximate surface area is 152 Å². The highest BCUT2D eigenvalue weighted by Crippen LogP contribution is 2.23. The molecule has 0 radical (unpaired) electrons.